The van der Waals surface area contributed by atoms with Gasteiger partial charge in [0.05, 0.1) is 23.3 Å². The summed E-state index contributed by atoms with van der Waals surface area (Å²) in [5, 5.41) is 17.9. The number of rotatable bonds is 9. The van der Waals surface area contributed by atoms with Crippen LogP contribution in [0.25, 0.3) is 22.3 Å². The molecule has 4 aliphatic carbocycles. The van der Waals surface area contributed by atoms with Crippen LogP contribution in [-0.2, 0) is 0 Å². The fraction of sp³-hybridized carbons (Fsp3) is 0.443. The smallest absolute Gasteiger partial charge is 0.0991 e. The normalized spacial score (nSPS) is 23.0. The summed E-state index contributed by atoms with van der Waals surface area (Å²) >= 11 is 0. The summed E-state index contributed by atoms with van der Waals surface area (Å²) in [6.45, 7) is 4.64. The Morgan fingerprint density at radius 2 is 0.762 bits per heavy atom. The predicted molar refractivity (Wildman–Crippen MR) is 263 cm³/mol. The second-order valence-electron chi connectivity index (χ2n) is 19.1. The van der Waals surface area contributed by atoms with E-state index in [1.54, 1.807) is 0 Å². The number of nitriles is 2. The minimum atomic E-state index is 0.693. The van der Waals surface area contributed by atoms with Gasteiger partial charge in [0.25, 0.3) is 0 Å². The van der Waals surface area contributed by atoms with Crippen LogP contribution in [0.1, 0.15) is 158 Å². The molecule has 2 heteroatoms. The van der Waals surface area contributed by atoms with Crippen LogP contribution < -0.4 is 0 Å². The van der Waals surface area contributed by atoms with E-state index in [-0.39, 0.29) is 0 Å². The molecule has 0 heterocycles. The van der Waals surface area contributed by atoms with Crippen molar-refractivity contribution in [2.45, 2.75) is 136 Å². The molecule has 322 valence electrons. The zero-order valence-electron chi connectivity index (χ0n) is 38.2. The van der Waals surface area contributed by atoms with Crippen LogP contribution in [0.5, 0.6) is 0 Å². The fourth-order valence-electron chi connectivity index (χ4n) is 10.9. The van der Waals surface area contributed by atoms with Gasteiger partial charge in [0.2, 0.25) is 0 Å². The van der Waals surface area contributed by atoms with Gasteiger partial charge in [0, 0.05) is 11.1 Å². The van der Waals surface area contributed by atoms with Crippen LogP contribution >= 0.6 is 0 Å². The molecular weight excluding hydrogens is 761 g/mol. The van der Waals surface area contributed by atoms with E-state index in [0.717, 1.165) is 81.7 Å². The van der Waals surface area contributed by atoms with Gasteiger partial charge in [-0.05, 0) is 182 Å². The molecule has 8 rings (SSSR count). The molecule has 0 bridgehead atoms. The fourth-order valence-corrected chi connectivity index (χ4v) is 10.9. The van der Waals surface area contributed by atoms with E-state index in [1.807, 2.05) is 48.5 Å². The molecule has 0 amide bonds. The van der Waals surface area contributed by atoms with Crippen LogP contribution in [0.15, 0.2) is 120 Å². The minimum absolute atomic E-state index is 0.693. The Morgan fingerprint density at radius 1 is 0.397 bits per heavy atom. The van der Waals surface area contributed by atoms with Crippen molar-refractivity contribution in [2.24, 2.45) is 35.5 Å². The Bertz CT molecular complexity index is 2320. The van der Waals surface area contributed by atoms with Crippen molar-refractivity contribution in [3.05, 3.63) is 143 Å². The van der Waals surface area contributed by atoms with Gasteiger partial charge in [0.15, 0.2) is 0 Å². The Balaban J connectivity index is 0.000000189. The number of allylic oxidation sites excluding steroid dienone is 4. The molecule has 4 aromatic carbocycles. The largest absolute Gasteiger partial charge is 0.192 e. The van der Waals surface area contributed by atoms with Crippen molar-refractivity contribution in [3.8, 4) is 58.1 Å². The summed E-state index contributed by atoms with van der Waals surface area (Å²) in [7, 11) is 0. The van der Waals surface area contributed by atoms with E-state index in [9.17, 15) is 0 Å². The molecule has 2 saturated carbocycles. The predicted octanol–water partition coefficient (Wildman–Crippen LogP) is 16.2. The van der Waals surface area contributed by atoms with Crippen LogP contribution in [0.3, 0.4) is 0 Å². The molecule has 0 saturated heterocycles. The lowest BCUT2D eigenvalue weighted by Gasteiger charge is -2.35. The Kier molecular flexibility index (Phi) is 17.2. The lowest BCUT2D eigenvalue weighted by atomic mass is 9.71. The molecule has 2 nitrogen and oxygen atoms in total. The SMILES string of the molecule is CCCC1CCC(C2CC=C(C#Cc3ccc(-c4ccc(C#N)cc4)cc3)CC2)CC1.CCCCC1CCC(C2CC=C(C#Cc3ccc(-c4ccc(C#N)cc4)cc3)CC2)CC1. The molecule has 0 radical (unpaired) electrons. The van der Waals surface area contributed by atoms with Crippen molar-refractivity contribution < 1.29 is 0 Å². The molecule has 0 aliphatic heterocycles. The molecule has 2 atom stereocenters. The van der Waals surface area contributed by atoms with Crippen molar-refractivity contribution in [3.63, 3.8) is 0 Å². The van der Waals surface area contributed by atoms with Crippen molar-refractivity contribution in [2.75, 3.05) is 0 Å². The molecule has 2 fully saturated rings. The van der Waals surface area contributed by atoms with Crippen molar-refractivity contribution in [1.82, 2.24) is 0 Å². The standard InChI is InChI=1S/C31H35N.C30H33N/c1-2-3-4-24-7-15-28(16-8-24)29-17-9-25(10-18-29)5-6-26-11-19-30(20-12-26)31-21-13-27(23-32)14-22-31;1-2-3-23-6-14-27(15-7-23)28-16-8-24(9-17-28)4-5-25-10-18-29(19-11-25)30-20-12-26(22-31)13-21-30/h9,11-14,19-22,24,28-29H,2-4,7-8,10,15-18H2,1H3;8,10-13,18-21,23,27-28H,2-3,6-7,9,14-17H2,1H3. The molecule has 0 aromatic heterocycles. The number of unbranched alkanes of at least 4 members (excludes halogenated alkanes) is 1. The van der Waals surface area contributed by atoms with E-state index < -0.39 is 0 Å². The highest BCUT2D eigenvalue weighted by Crippen LogP contribution is 2.42. The maximum Gasteiger partial charge on any atom is 0.0991 e. The van der Waals surface area contributed by atoms with Crippen molar-refractivity contribution >= 4 is 0 Å². The molecule has 63 heavy (non-hydrogen) atoms. The third-order valence-corrected chi connectivity index (χ3v) is 14.9. The zero-order valence-corrected chi connectivity index (χ0v) is 38.2. The van der Waals surface area contributed by atoms with Gasteiger partial charge in [-0.1, -0.05) is 156 Å². The van der Waals surface area contributed by atoms with E-state index in [0.29, 0.717) is 11.1 Å². The molecule has 0 N–H and O–H groups in total. The molecule has 4 aromatic rings. The van der Waals surface area contributed by atoms with Gasteiger partial charge in [-0.25, -0.2) is 0 Å². The van der Waals surface area contributed by atoms with Crippen molar-refractivity contribution in [1.29, 1.82) is 10.5 Å². The quantitative estimate of drug-likeness (QED) is 0.158. The highest BCUT2D eigenvalue weighted by atomic mass is 14.3. The van der Waals surface area contributed by atoms with Crippen LogP contribution in [-0.4, -0.2) is 0 Å². The number of hydrogen-bond acceptors (Lipinski definition) is 2. The summed E-state index contributed by atoms with van der Waals surface area (Å²) in [5.74, 6) is 19.3. The second-order valence-corrected chi connectivity index (χ2v) is 19.1. The summed E-state index contributed by atoms with van der Waals surface area (Å²) in [4.78, 5) is 0. The average Bonchev–Trinajstić information content (AvgIpc) is 3.36. The lowest BCUT2D eigenvalue weighted by molar-refractivity contribution is 0.186. The summed E-state index contributed by atoms with van der Waals surface area (Å²) < 4.78 is 0. The van der Waals surface area contributed by atoms with Gasteiger partial charge >= 0.3 is 0 Å². The first-order valence-electron chi connectivity index (χ1n) is 24.6. The molecular formula is C61H68N2. The topological polar surface area (TPSA) is 47.6 Å². The van der Waals surface area contributed by atoms with E-state index in [1.165, 1.54) is 120 Å². The zero-order chi connectivity index (χ0) is 43.6. The van der Waals surface area contributed by atoms with E-state index in [2.05, 4.69) is 110 Å². The Morgan fingerprint density at radius 3 is 1.08 bits per heavy atom. The van der Waals surface area contributed by atoms with Crippen LogP contribution in [0.4, 0.5) is 0 Å². The van der Waals surface area contributed by atoms with Crippen LogP contribution in [0.2, 0.25) is 0 Å². The van der Waals surface area contributed by atoms with Crippen LogP contribution in [0, 0.1) is 81.9 Å². The third kappa shape index (κ3) is 13.5. The van der Waals surface area contributed by atoms with Gasteiger partial charge in [0.1, 0.15) is 0 Å². The summed E-state index contributed by atoms with van der Waals surface area (Å²) in [5.41, 5.74) is 10.7. The monoisotopic (exact) mass is 829 g/mol. The Hall–Kier alpha value is -5.54. The minimum Gasteiger partial charge on any atom is -0.192 e. The number of benzene rings is 4. The van der Waals surface area contributed by atoms with E-state index in [4.69, 9.17) is 10.5 Å². The highest BCUT2D eigenvalue weighted by molar-refractivity contribution is 5.66. The second kappa shape index (κ2) is 23.8. The average molecular weight is 829 g/mol. The molecule has 2 unspecified atom stereocenters. The lowest BCUT2D eigenvalue weighted by Crippen LogP contribution is -2.23. The van der Waals surface area contributed by atoms with Gasteiger partial charge < -0.3 is 0 Å². The van der Waals surface area contributed by atoms with E-state index >= 15 is 0 Å². The van der Waals surface area contributed by atoms with Gasteiger partial charge in [-0.15, -0.1) is 0 Å². The number of nitrogens with zero attached hydrogens (tertiary/aromatic N) is 2. The Labute approximate surface area is 380 Å². The maximum absolute atomic E-state index is 8.95. The maximum atomic E-state index is 8.95. The number of hydrogen-bond donors (Lipinski definition) is 0. The summed E-state index contributed by atoms with van der Waals surface area (Å²) in [6, 6.07) is 36.7. The first-order chi connectivity index (χ1) is 31.0. The van der Waals surface area contributed by atoms with Gasteiger partial charge in [-0.3, -0.25) is 0 Å². The first-order valence-corrected chi connectivity index (χ1v) is 24.6. The summed E-state index contributed by atoms with van der Waals surface area (Å²) in [6.07, 6.45) is 30.9. The molecule has 0 spiro atoms. The first kappa shape index (κ1) is 45.5. The molecule has 4 aliphatic rings. The third-order valence-electron chi connectivity index (χ3n) is 14.9. The van der Waals surface area contributed by atoms with Gasteiger partial charge in [-0.2, -0.15) is 10.5 Å². The highest BCUT2D eigenvalue weighted by Gasteiger charge is 2.29.